The molecular weight excluding hydrogens is 354 g/mol. The SMILES string of the molecule is CN1CCC(C)(CNS(=O)(=O)c2ccc(N)cc2Br)CC1. The first-order valence-electron chi connectivity index (χ1n) is 6.95. The minimum Gasteiger partial charge on any atom is -0.399 e. The Morgan fingerprint density at radius 2 is 2.00 bits per heavy atom. The number of piperidine rings is 1. The normalized spacial score (nSPS) is 19.6. The zero-order chi connectivity index (χ0) is 15.7. The Morgan fingerprint density at radius 1 is 1.38 bits per heavy atom. The van der Waals surface area contributed by atoms with Crippen LogP contribution in [-0.2, 0) is 10.0 Å². The Balaban J connectivity index is 2.08. The Bertz CT molecular complexity index is 611. The van der Waals surface area contributed by atoms with Crippen LogP contribution in [0, 0.1) is 5.41 Å². The number of nitrogens with one attached hydrogen (secondary N) is 1. The van der Waals surface area contributed by atoms with E-state index in [4.69, 9.17) is 5.73 Å². The molecule has 1 heterocycles. The summed E-state index contributed by atoms with van der Waals surface area (Å²) >= 11 is 3.26. The van der Waals surface area contributed by atoms with Gasteiger partial charge in [-0.25, -0.2) is 13.1 Å². The van der Waals surface area contributed by atoms with Gasteiger partial charge in [-0.15, -0.1) is 0 Å². The first kappa shape index (κ1) is 16.7. The zero-order valence-corrected chi connectivity index (χ0v) is 14.8. The fourth-order valence-corrected chi connectivity index (χ4v) is 4.71. The molecule has 1 aliphatic rings. The number of likely N-dealkylation sites (tertiary alicyclic amines) is 1. The highest BCUT2D eigenvalue weighted by Crippen LogP contribution is 2.30. The Labute approximate surface area is 135 Å². The molecule has 1 aromatic rings. The number of benzene rings is 1. The van der Waals surface area contributed by atoms with Gasteiger partial charge in [-0.1, -0.05) is 6.92 Å². The third-order valence-electron chi connectivity index (χ3n) is 4.13. The van der Waals surface area contributed by atoms with Crippen molar-refractivity contribution in [2.45, 2.75) is 24.7 Å². The number of anilines is 1. The van der Waals surface area contributed by atoms with E-state index in [9.17, 15) is 8.42 Å². The average Bonchev–Trinajstić information content (AvgIpc) is 2.40. The van der Waals surface area contributed by atoms with Gasteiger partial charge in [0.1, 0.15) is 0 Å². The topological polar surface area (TPSA) is 75.4 Å². The predicted molar refractivity (Wildman–Crippen MR) is 88.6 cm³/mol. The maximum atomic E-state index is 12.4. The van der Waals surface area contributed by atoms with Crippen LogP contribution in [0.25, 0.3) is 0 Å². The van der Waals surface area contributed by atoms with Crippen LogP contribution in [0.15, 0.2) is 27.6 Å². The van der Waals surface area contributed by atoms with Crippen molar-refractivity contribution in [3.63, 3.8) is 0 Å². The second-order valence-corrected chi connectivity index (χ2v) is 8.72. The minimum absolute atomic E-state index is 0.0138. The maximum Gasteiger partial charge on any atom is 0.241 e. The van der Waals surface area contributed by atoms with Gasteiger partial charge >= 0.3 is 0 Å². The molecule has 0 saturated carbocycles. The molecule has 0 aromatic heterocycles. The van der Waals surface area contributed by atoms with Crippen LogP contribution in [-0.4, -0.2) is 40.0 Å². The molecule has 0 bridgehead atoms. The number of nitrogens with zero attached hydrogens (tertiary/aromatic N) is 1. The molecule has 1 fully saturated rings. The van der Waals surface area contributed by atoms with E-state index < -0.39 is 10.0 Å². The van der Waals surface area contributed by atoms with E-state index in [1.54, 1.807) is 12.1 Å². The van der Waals surface area contributed by atoms with Gasteiger partial charge in [-0.05, 0) is 72.5 Å². The van der Waals surface area contributed by atoms with E-state index in [2.05, 4.69) is 39.5 Å². The molecule has 0 amide bonds. The zero-order valence-electron chi connectivity index (χ0n) is 12.4. The van der Waals surface area contributed by atoms with E-state index >= 15 is 0 Å². The van der Waals surface area contributed by atoms with Crippen LogP contribution in [0.3, 0.4) is 0 Å². The van der Waals surface area contributed by atoms with Crippen molar-refractivity contribution in [3.05, 3.63) is 22.7 Å². The summed E-state index contributed by atoms with van der Waals surface area (Å²) in [6.45, 7) is 4.61. The lowest BCUT2D eigenvalue weighted by Crippen LogP contribution is -2.43. The summed E-state index contributed by atoms with van der Waals surface area (Å²) in [4.78, 5) is 2.50. The quantitative estimate of drug-likeness (QED) is 0.789. The second-order valence-electron chi connectivity index (χ2n) is 6.13. The number of nitrogens with two attached hydrogens (primary N) is 1. The van der Waals surface area contributed by atoms with Crippen molar-refractivity contribution in [3.8, 4) is 0 Å². The molecule has 5 nitrogen and oxygen atoms in total. The third kappa shape index (κ3) is 4.18. The summed E-state index contributed by atoms with van der Waals surface area (Å²) in [5.41, 5.74) is 6.19. The summed E-state index contributed by atoms with van der Waals surface area (Å²) in [5.74, 6) is 0. The first-order valence-corrected chi connectivity index (χ1v) is 9.23. The van der Waals surface area contributed by atoms with Gasteiger partial charge in [0.25, 0.3) is 0 Å². The van der Waals surface area contributed by atoms with Crippen LogP contribution in [0.4, 0.5) is 5.69 Å². The van der Waals surface area contributed by atoms with Crippen LogP contribution >= 0.6 is 15.9 Å². The number of sulfonamides is 1. The molecule has 2 rings (SSSR count). The summed E-state index contributed by atoms with van der Waals surface area (Å²) in [5, 5.41) is 0. The van der Waals surface area contributed by atoms with Crippen LogP contribution < -0.4 is 10.5 Å². The highest BCUT2D eigenvalue weighted by molar-refractivity contribution is 9.10. The highest BCUT2D eigenvalue weighted by Gasteiger charge is 2.30. The molecule has 1 aromatic carbocycles. The number of hydrogen-bond acceptors (Lipinski definition) is 4. The van der Waals surface area contributed by atoms with Crippen LogP contribution in [0.5, 0.6) is 0 Å². The number of nitrogen functional groups attached to an aromatic ring is 1. The number of hydrogen-bond donors (Lipinski definition) is 2. The lowest BCUT2D eigenvalue weighted by Gasteiger charge is -2.37. The average molecular weight is 376 g/mol. The van der Waals surface area contributed by atoms with Gasteiger partial charge in [0.05, 0.1) is 4.90 Å². The Morgan fingerprint density at radius 3 is 2.57 bits per heavy atom. The second kappa shape index (κ2) is 6.24. The van der Waals surface area contributed by atoms with Gasteiger partial charge in [-0.3, -0.25) is 0 Å². The largest absolute Gasteiger partial charge is 0.399 e. The van der Waals surface area contributed by atoms with Gasteiger partial charge in [0.2, 0.25) is 10.0 Å². The highest BCUT2D eigenvalue weighted by atomic mass is 79.9. The van der Waals surface area contributed by atoms with E-state index in [0.29, 0.717) is 16.7 Å². The van der Waals surface area contributed by atoms with Crippen molar-refractivity contribution >= 4 is 31.6 Å². The first-order chi connectivity index (χ1) is 9.72. The molecule has 0 spiro atoms. The van der Waals surface area contributed by atoms with Gasteiger partial charge in [0, 0.05) is 16.7 Å². The van der Waals surface area contributed by atoms with Crippen LogP contribution in [0.2, 0.25) is 0 Å². The van der Waals surface area contributed by atoms with E-state index in [-0.39, 0.29) is 10.3 Å². The summed E-state index contributed by atoms with van der Waals surface area (Å²) in [7, 11) is -1.43. The Kier molecular flexibility index (Phi) is 4.97. The van der Waals surface area contributed by atoms with Crippen molar-refractivity contribution in [1.82, 2.24) is 9.62 Å². The minimum atomic E-state index is -3.52. The lowest BCUT2D eigenvalue weighted by atomic mass is 9.81. The van der Waals surface area contributed by atoms with Gasteiger partial charge < -0.3 is 10.6 Å². The standard InChI is InChI=1S/C14H22BrN3O2S/c1-14(5-7-18(2)8-6-14)10-17-21(19,20)13-4-3-11(16)9-12(13)15/h3-4,9,17H,5-8,10,16H2,1-2H3. The van der Waals surface area contributed by atoms with Gasteiger partial charge in [-0.2, -0.15) is 0 Å². The van der Waals surface area contributed by atoms with Crippen LogP contribution in [0.1, 0.15) is 19.8 Å². The molecule has 0 unspecified atom stereocenters. The molecule has 3 N–H and O–H groups in total. The molecule has 1 saturated heterocycles. The van der Waals surface area contributed by atoms with Crippen molar-refractivity contribution in [2.75, 3.05) is 32.4 Å². The van der Waals surface area contributed by atoms with Gasteiger partial charge in [0.15, 0.2) is 0 Å². The summed E-state index contributed by atoms with van der Waals surface area (Å²) < 4.78 is 28.1. The van der Waals surface area contributed by atoms with Crippen molar-refractivity contribution < 1.29 is 8.42 Å². The number of rotatable bonds is 4. The molecule has 0 atom stereocenters. The summed E-state index contributed by atoms with van der Waals surface area (Å²) in [6.07, 6.45) is 1.99. The predicted octanol–water partition coefficient (Wildman–Crippen LogP) is 2.04. The molecule has 21 heavy (non-hydrogen) atoms. The monoisotopic (exact) mass is 375 g/mol. The molecule has 1 aliphatic heterocycles. The van der Waals surface area contributed by atoms with Crippen molar-refractivity contribution in [2.24, 2.45) is 5.41 Å². The third-order valence-corrected chi connectivity index (χ3v) is 6.51. The van der Waals surface area contributed by atoms with E-state index in [1.165, 1.54) is 6.07 Å². The molecule has 118 valence electrons. The molecular formula is C14H22BrN3O2S. The smallest absolute Gasteiger partial charge is 0.241 e. The number of halogens is 1. The fraction of sp³-hybridized carbons (Fsp3) is 0.571. The van der Waals surface area contributed by atoms with E-state index in [0.717, 1.165) is 25.9 Å². The van der Waals surface area contributed by atoms with E-state index in [1.807, 2.05) is 0 Å². The molecule has 0 radical (unpaired) electrons. The maximum absolute atomic E-state index is 12.4. The van der Waals surface area contributed by atoms with Crippen molar-refractivity contribution in [1.29, 1.82) is 0 Å². The molecule has 0 aliphatic carbocycles. The Hall–Kier alpha value is -0.630. The summed E-state index contributed by atoms with van der Waals surface area (Å²) in [6, 6.07) is 4.72. The lowest BCUT2D eigenvalue weighted by molar-refractivity contribution is 0.143. The fourth-order valence-electron chi connectivity index (χ4n) is 2.42. The molecule has 7 heteroatoms.